The van der Waals surface area contributed by atoms with Gasteiger partial charge in [-0.05, 0) is 68.1 Å². The van der Waals surface area contributed by atoms with Crippen LogP contribution in [-0.2, 0) is 32.6 Å². The largest absolute Gasteiger partial charge is 0.492 e. The molecule has 2 amide bonds. The molecule has 1 N–H and O–H groups in total. The van der Waals surface area contributed by atoms with Crippen molar-refractivity contribution in [1.29, 1.82) is 0 Å². The van der Waals surface area contributed by atoms with E-state index in [0.717, 1.165) is 21.0 Å². The highest BCUT2D eigenvalue weighted by Crippen LogP contribution is 2.33. The van der Waals surface area contributed by atoms with Crippen LogP contribution in [-0.4, -0.2) is 50.4 Å². The summed E-state index contributed by atoms with van der Waals surface area (Å²) in [5.74, 6) is -0.486. The summed E-state index contributed by atoms with van der Waals surface area (Å²) in [6, 6.07) is 31.0. The average molecular weight is 642 g/mol. The van der Waals surface area contributed by atoms with Gasteiger partial charge in [-0.3, -0.25) is 13.9 Å². The summed E-state index contributed by atoms with van der Waals surface area (Å²) in [4.78, 5) is 30.2. The van der Waals surface area contributed by atoms with Crippen LogP contribution in [0.15, 0.2) is 114 Å². The predicted molar refractivity (Wildman–Crippen MR) is 182 cm³/mol. The zero-order valence-corrected chi connectivity index (χ0v) is 27.7. The number of nitrogens with zero attached hydrogens (tertiary/aromatic N) is 2. The number of sulfonamides is 1. The standard InChI is InChI=1S/C37H43N3O5S/c1-5-29(4)38-37(42)34(25-30-18-9-7-10-19-30)39(26-31-20-14-13-17-28(31)3)36(41)27-40(33-23-15-16-24-35(33)45-6-2)46(43,44)32-21-11-8-12-22-32/h7-24,29,34H,5-6,25-27H2,1-4H3,(H,38,42)/t29-,34-/m1/s1. The number of aryl methyl sites for hydroxylation is 1. The Morgan fingerprint density at radius 3 is 2.09 bits per heavy atom. The van der Waals surface area contributed by atoms with Gasteiger partial charge in [-0.1, -0.05) is 91.9 Å². The number of hydrogen-bond donors (Lipinski definition) is 1. The molecular formula is C37H43N3O5S. The molecule has 2 atom stereocenters. The number of carbonyl (C=O) groups is 2. The minimum atomic E-state index is -4.23. The van der Waals surface area contributed by atoms with Gasteiger partial charge in [-0.2, -0.15) is 0 Å². The van der Waals surface area contributed by atoms with E-state index < -0.39 is 28.5 Å². The number of amides is 2. The number of para-hydroxylation sites is 2. The lowest BCUT2D eigenvalue weighted by molar-refractivity contribution is -0.140. The Hall–Kier alpha value is -4.63. The maximum Gasteiger partial charge on any atom is 0.264 e. The number of benzene rings is 4. The zero-order chi connectivity index (χ0) is 33.1. The van der Waals surface area contributed by atoms with E-state index >= 15 is 0 Å². The molecule has 8 nitrogen and oxygen atoms in total. The summed E-state index contributed by atoms with van der Waals surface area (Å²) in [7, 11) is -4.23. The molecule has 242 valence electrons. The van der Waals surface area contributed by atoms with Crippen molar-refractivity contribution < 1.29 is 22.7 Å². The Bertz CT molecular complexity index is 1700. The van der Waals surface area contributed by atoms with Crippen molar-refractivity contribution in [3.8, 4) is 5.75 Å². The fraction of sp³-hybridized carbons (Fsp3) is 0.297. The van der Waals surface area contributed by atoms with E-state index in [4.69, 9.17) is 4.74 Å². The molecule has 0 radical (unpaired) electrons. The van der Waals surface area contributed by atoms with Gasteiger partial charge in [-0.25, -0.2) is 8.42 Å². The van der Waals surface area contributed by atoms with Gasteiger partial charge in [0.05, 0.1) is 17.2 Å². The maximum atomic E-state index is 14.7. The van der Waals surface area contributed by atoms with Crippen LogP contribution in [0.3, 0.4) is 0 Å². The topological polar surface area (TPSA) is 96.0 Å². The first-order valence-corrected chi connectivity index (χ1v) is 17.1. The van der Waals surface area contributed by atoms with Crippen LogP contribution in [0.25, 0.3) is 0 Å². The smallest absolute Gasteiger partial charge is 0.264 e. The minimum Gasteiger partial charge on any atom is -0.492 e. The van der Waals surface area contributed by atoms with Gasteiger partial charge in [0.1, 0.15) is 18.3 Å². The first-order valence-electron chi connectivity index (χ1n) is 15.6. The number of carbonyl (C=O) groups excluding carboxylic acids is 2. The third-order valence-electron chi connectivity index (χ3n) is 7.92. The first kappa shape index (κ1) is 34.2. The number of rotatable bonds is 15. The Morgan fingerprint density at radius 1 is 0.826 bits per heavy atom. The molecular weight excluding hydrogens is 598 g/mol. The molecule has 0 aliphatic carbocycles. The van der Waals surface area contributed by atoms with Crippen LogP contribution in [0, 0.1) is 6.92 Å². The molecule has 0 spiro atoms. The fourth-order valence-electron chi connectivity index (χ4n) is 5.14. The van der Waals surface area contributed by atoms with Gasteiger partial charge in [-0.15, -0.1) is 0 Å². The molecule has 0 aromatic heterocycles. The highest BCUT2D eigenvalue weighted by atomic mass is 32.2. The van der Waals surface area contributed by atoms with E-state index in [9.17, 15) is 18.0 Å². The molecule has 0 unspecified atom stereocenters. The normalized spacial score (nSPS) is 12.5. The van der Waals surface area contributed by atoms with Crippen molar-refractivity contribution in [2.75, 3.05) is 17.5 Å². The minimum absolute atomic E-state index is 0.0369. The summed E-state index contributed by atoms with van der Waals surface area (Å²) in [5.41, 5.74) is 2.93. The van der Waals surface area contributed by atoms with Crippen molar-refractivity contribution in [3.05, 3.63) is 126 Å². The van der Waals surface area contributed by atoms with Crippen LogP contribution in [0.1, 0.15) is 43.9 Å². The molecule has 0 aliphatic rings. The Morgan fingerprint density at radius 2 is 1.43 bits per heavy atom. The van der Waals surface area contributed by atoms with Gasteiger partial charge in [0.25, 0.3) is 10.0 Å². The van der Waals surface area contributed by atoms with E-state index in [1.165, 1.54) is 17.0 Å². The van der Waals surface area contributed by atoms with Crippen molar-refractivity contribution in [1.82, 2.24) is 10.2 Å². The molecule has 0 fully saturated rings. The number of nitrogens with one attached hydrogen (secondary N) is 1. The van der Waals surface area contributed by atoms with E-state index in [1.54, 1.807) is 42.5 Å². The molecule has 4 aromatic carbocycles. The molecule has 0 bridgehead atoms. The number of ether oxygens (including phenoxy) is 1. The monoisotopic (exact) mass is 641 g/mol. The SMILES string of the molecule is CCOc1ccccc1N(CC(=O)N(Cc1ccccc1C)[C@H](Cc1ccccc1)C(=O)N[C@H](C)CC)S(=O)(=O)c1ccccc1. The summed E-state index contributed by atoms with van der Waals surface area (Å²) in [6.07, 6.45) is 0.967. The third kappa shape index (κ3) is 8.54. The van der Waals surface area contributed by atoms with Crippen LogP contribution in [0.5, 0.6) is 5.75 Å². The summed E-state index contributed by atoms with van der Waals surface area (Å²) in [5, 5.41) is 3.07. The second kappa shape index (κ2) is 16.1. The molecule has 46 heavy (non-hydrogen) atoms. The second-order valence-electron chi connectivity index (χ2n) is 11.2. The fourth-order valence-corrected chi connectivity index (χ4v) is 6.59. The second-order valence-corrected chi connectivity index (χ2v) is 13.1. The average Bonchev–Trinajstić information content (AvgIpc) is 3.07. The van der Waals surface area contributed by atoms with E-state index in [0.29, 0.717) is 18.8 Å². The summed E-state index contributed by atoms with van der Waals surface area (Å²) in [6.45, 7) is 7.54. The molecule has 9 heteroatoms. The predicted octanol–water partition coefficient (Wildman–Crippen LogP) is 6.14. The van der Waals surface area contributed by atoms with Crippen LogP contribution >= 0.6 is 0 Å². The van der Waals surface area contributed by atoms with Crippen LogP contribution in [0.2, 0.25) is 0 Å². The Kier molecular flexibility index (Phi) is 12.0. The number of hydrogen-bond acceptors (Lipinski definition) is 5. The molecule has 4 aromatic rings. The molecule has 0 saturated carbocycles. The zero-order valence-electron chi connectivity index (χ0n) is 26.9. The molecule has 4 rings (SSSR count). The Balaban J connectivity index is 1.84. The highest BCUT2D eigenvalue weighted by molar-refractivity contribution is 7.92. The summed E-state index contributed by atoms with van der Waals surface area (Å²) >= 11 is 0. The van der Waals surface area contributed by atoms with Gasteiger partial charge >= 0.3 is 0 Å². The lowest BCUT2D eigenvalue weighted by Gasteiger charge is -2.35. The molecule has 0 saturated heterocycles. The maximum absolute atomic E-state index is 14.7. The molecule has 0 heterocycles. The van der Waals surface area contributed by atoms with E-state index in [2.05, 4.69) is 5.32 Å². The van der Waals surface area contributed by atoms with Crippen molar-refractivity contribution in [2.24, 2.45) is 0 Å². The van der Waals surface area contributed by atoms with Crippen LogP contribution < -0.4 is 14.4 Å². The van der Waals surface area contributed by atoms with Gasteiger partial charge in [0.2, 0.25) is 11.8 Å². The first-order chi connectivity index (χ1) is 22.1. The summed E-state index contributed by atoms with van der Waals surface area (Å²) < 4.78 is 35.4. The van der Waals surface area contributed by atoms with E-state index in [1.807, 2.05) is 82.3 Å². The third-order valence-corrected chi connectivity index (χ3v) is 9.69. The lowest BCUT2D eigenvalue weighted by Crippen LogP contribution is -2.54. The van der Waals surface area contributed by atoms with Crippen molar-refractivity contribution in [3.63, 3.8) is 0 Å². The van der Waals surface area contributed by atoms with Crippen molar-refractivity contribution >= 4 is 27.5 Å². The van der Waals surface area contributed by atoms with Crippen LogP contribution in [0.4, 0.5) is 5.69 Å². The highest BCUT2D eigenvalue weighted by Gasteiger charge is 2.36. The quantitative estimate of drug-likeness (QED) is 0.168. The molecule has 0 aliphatic heterocycles. The van der Waals surface area contributed by atoms with Gasteiger partial charge < -0.3 is 15.0 Å². The van der Waals surface area contributed by atoms with Gasteiger partial charge in [0, 0.05) is 19.0 Å². The van der Waals surface area contributed by atoms with Crippen molar-refractivity contribution in [2.45, 2.75) is 64.1 Å². The lowest BCUT2D eigenvalue weighted by atomic mass is 10.0. The van der Waals surface area contributed by atoms with E-state index in [-0.39, 0.29) is 35.5 Å². The van der Waals surface area contributed by atoms with Gasteiger partial charge in [0.15, 0.2) is 0 Å². The Labute approximate surface area is 273 Å². The number of anilines is 1.